The van der Waals surface area contributed by atoms with E-state index in [-0.39, 0.29) is 10.5 Å². The van der Waals surface area contributed by atoms with Crippen LogP contribution >= 0.6 is 0 Å². The van der Waals surface area contributed by atoms with Crippen LogP contribution in [0.1, 0.15) is 35.2 Å². The zero-order valence-corrected chi connectivity index (χ0v) is 15.0. The molecule has 1 fully saturated rings. The molecule has 0 atom stereocenters. The summed E-state index contributed by atoms with van der Waals surface area (Å²) in [6.07, 6.45) is 2.74. The van der Waals surface area contributed by atoms with Gasteiger partial charge in [0.25, 0.3) is 5.91 Å². The number of rotatable bonds is 4. The lowest BCUT2D eigenvalue weighted by atomic mass is 10.1. The second-order valence-electron chi connectivity index (χ2n) is 6.10. The second kappa shape index (κ2) is 7.68. The summed E-state index contributed by atoms with van der Waals surface area (Å²) in [6, 6.07) is 14.7. The van der Waals surface area contributed by atoms with E-state index in [4.69, 9.17) is 5.26 Å². The number of benzene rings is 2. The van der Waals surface area contributed by atoms with Gasteiger partial charge < -0.3 is 5.32 Å². The van der Waals surface area contributed by atoms with Gasteiger partial charge in [-0.1, -0.05) is 24.6 Å². The number of amides is 1. The maximum absolute atomic E-state index is 12.8. The fourth-order valence-electron chi connectivity index (χ4n) is 2.94. The summed E-state index contributed by atoms with van der Waals surface area (Å²) in [5, 5.41) is 11.8. The third kappa shape index (κ3) is 3.77. The molecule has 0 aliphatic carbocycles. The van der Waals surface area contributed by atoms with Gasteiger partial charge in [-0.2, -0.15) is 9.57 Å². The van der Waals surface area contributed by atoms with Crippen molar-refractivity contribution in [2.75, 3.05) is 18.4 Å². The minimum atomic E-state index is -3.60. The molecule has 1 amide bonds. The fraction of sp³-hybridized carbons (Fsp3) is 0.263. The number of anilines is 1. The molecule has 0 unspecified atom stereocenters. The van der Waals surface area contributed by atoms with Crippen LogP contribution in [0.5, 0.6) is 0 Å². The van der Waals surface area contributed by atoms with E-state index >= 15 is 0 Å². The van der Waals surface area contributed by atoms with E-state index in [0.717, 1.165) is 19.3 Å². The summed E-state index contributed by atoms with van der Waals surface area (Å²) < 4.78 is 27.0. The molecule has 134 valence electrons. The predicted molar refractivity (Wildman–Crippen MR) is 98.2 cm³/mol. The Morgan fingerprint density at radius 3 is 2.50 bits per heavy atom. The molecule has 0 radical (unpaired) electrons. The van der Waals surface area contributed by atoms with Gasteiger partial charge in [-0.15, -0.1) is 0 Å². The van der Waals surface area contributed by atoms with Crippen molar-refractivity contribution < 1.29 is 13.2 Å². The van der Waals surface area contributed by atoms with Crippen molar-refractivity contribution in [3.63, 3.8) is 0 Å². The molecule has 0 bridgehead atoms. The van der Waals surface area contributed by atoms with Gasteiger partial charge in [0.15, 0.2) is 0 Å². The van der Waals surface area contributed by atoms with Crippen molar-refractivity contribution in [3.8, 4) is 6.07 Å². The van der Waals surface area contributed by atoms with E-state index < -0.39 is 15.9 Å². The highest BCUT2D eigenvalue weighted by molar-refractivity contribution is 7.89. The van der Waals surface area contributed by atoms with Crippen LogP contribution in [-0.4, -0.2) is 31.7 Å². The van der Waals surface area contributed by atoms with E-state index in [1.807, 2.05) is 6.07 Å². The highest BCUT2D eigenvalue weighted by Gasteiger charge is 2.26. The lowest BCUT2D eigenvalue weighted by Crippen LogP contribution is -2.35. The zero-order valence-electron chi connectivity index (χ0n) is 14.2. The van der Waals surface area contributed by atoms with Crippen molar-refractivity contribution in [1.82, 2.24) is 4.31 Å². The van der Waals surface area contributed by atoms with Gasteiger partial charge in [0.1, 0.15) is 6.07 Å². The van der Waals surface area contributed by atoms with Gasteiger partial charge in [-0.3, -0.25) is 4.79 Å². The van der Waals surface area contributed by atoms with Crippen LogP contribution in [-0.2, 0) is 10.0 Å². The number of carbonyl (C=O) groups is 1. The fourth-order valence-corrected chi connectivity index (χ4v) is 4.50. The van der Waals surface area contributed by atoms with Crippen molar-refractivity contribution in [2.45, 2.75) is 24.2 Å². The topological polar surface area (TPSA) is 90.3 Å². The van der Waals surface area contributed by atoms with Crippen molar-refractivity contribution >= 4 is 21.6 Å². The quantitative estimate of drug-likeness (QED) is 0.897. The molecule has 1 aliphatic heterocycles. The largest absolute Gasteiger partial charge is 0.321 e. The van der Waals surface area contributed by atoms with Crippen LogP contribution in [0.2, 0.25) is 0 Å². The monoisotopic (exact) mass is 369 g/mol. The molecule has 3 rings (SSSR count). The molecular formula is C19H19N3O3S. The molecule has 2 aromatic rings. The Hall–Kier alpha value is -2.69. The highest BCUT2D eigenvalue weighted by Crippen LogP contribution is 2.22. The zero-order chi connectivity index (χ0) is 18.6. The molecule has 0 saturated carbocycles. The van der Waals surface area contributed by atoms with Gasteiger partial charge in [0, 0.05) is 18.7 Å². The van der Waals surface area contributed by atoms with Crippen molar-refractivity contribution in [1.29, 1.82) is 5.26 Å². The number of hydrogen-bond donors (Lipinski definition) is 1. The molecule has 0 spiro atoms. The summed E-state index contributed by atoms with van der Waals surface area (Å²) in [4.78, 5) is 12.6. The minimum Gasteiger partial charge on any atom is -0.321 e. The van der Waals surface area contributed by atoms with Crippen molar-refractivity contribution in [3.05, 3.63) is 59.7 Å². The van der Waals surface area contributed by atoms with Crippen LogP contribution in [0.3, 0.4) is 0 Å². The number of nitrogens with one attached hydrogen (secondary N) is 1. The average molecular weight is 369 g/mol. The van der Waals surface area contributed by atoms with E-state index in [2.05, 4.69) is 5.32 Å². The molecule has 26 heavy (non-hydrogen) atoms. The molecule has 6 nitrogen and oxygen atoms in total. The van der Waals surface area contributed by atoms with Gasteiger partial charge in [0.2, 0.25) is 10.0 Å². The number of nitrogens with zero attached hydrogens (tertiary/aromatic N) is 2. The SMILES string of the molecule is N#Cc1ccccc1NC(=O)c1cccc(S(=O)(=O)N2CCCCC2)c1. The normalized spacial score (nSPS) is 15.2. The summed E-state index contributed by atoms with van der Waals surface area (Å²) in [5.41, 5.74) is 0.970. The maximum Gasteiger partial charge on any atom is 0.255 e. The standard InChI is InChI=1S/C19H19N3O3S/c20-14-16-7-2-3-10-18(16)21-19(23)15-8-6-9-17(13-15)26(24,25)22-11-4-1-5-12-22/h2-3,6-10,13H,1,4-5,11-12H2,(H,21,23). The summed E-state index contributed by atoms with van der Waals surface area (Å²) in [6.45, 7) is 1.02. The summed E-state index contributed by atoms with van der Waals surface area (Å²) in [7, 11) is -3.60. The number of piperidine rings is 1. The van der Waals surface area contributed by atoms with Crippen LogP contribution in [0.15, 0.2) is 53.4 Å². The lowest BCUT2D eigenvalue weighted by Gasteiger charge is -2.26. The van der Waals surface area contributed by atoms with E-state index in [9.17, 15) is 13.2 Å². The Kier molecular flexibility index (Phi) is 5.35. The number of hydrogen-bond acceptors (Lipinski definition) is 4. The Bertz CT molecular complexity index is 958. The Morgan fingerprint density at radius 1 is 1.04 bits per heavy atom. The molecule has 1 saturated heterocycles. The van der Waals surface area contributed by atoms with Crippen LogP contribution in [0, 0.1) is 11.3 Å². The van der Waals surface area contributed by atoms with Gasteiger partial charge >= 0.3 is 0 Å². The average Bonchev–Trinajstić information content (AvgIpc) is 2.69. The first-order chi connectivity index (χ1) is 12.5. The van der Waals surface area contributed by atoms with Gasteiger partial charge in [0.05, 0.1) is 16.1 Å². The third-order valence-corrected chi connectivity index (χ3v) is 6.24. The second-order valence-corrected chi connectivity index (χ2v) is 8.04. The first kappa shape index (κ1) is 18.1. The summed E-state index contributed by atoms with van der Waals surface area (Å²) in [5.74, 6) is -0.455. The lowest BCUT2D eigenvalue weighted by molar-refractivity contribution is 0.102. The number of sulfonamides is 1. The molecule has 1 heterocycles. The number of nitriles is 1. The highest BCUT2D eigenvalue weighted by atomic mass is 32.2. The minimum absolute atomic E-state index is 0.112. The van der Waals surface area contributed by atoms with E-state index in [1.165, 1.54) is 16.4 Å². The molecular weight excluding hydrogens is 350 g/mol. The third-order valence-electron chi connectivity index (χ3n) is 4.34. The van der Waals surface area contributed by atoms with Gasteiger partial charge in [-0.25, -0.2) is 8.42 Å². The Morgan fingerprint density at radius 2 is 1.77 bits per heavy atom. The molecule has 0 aromatic heterocycles. The predicted octanol–water partition coefficient (Wildman–Crippen LogP) is 2.99. The molecule has 2 aromatic carbocycles. The van der Waals surface area contributed by atoms with E-state index in [1.54, 1.807) is 36.4 Å². The molecule has 1 aliphatic rings. The smallest absolute Gasteiger partial charge is 0.255 e. The van der Waals surface area contributed by atoms with Gasteiger partial charge in [-0.05, 0) is 43.2 Å². The van der Waals surface area contributed by atoms with Crippen LogP contribution in [0.4, 0.5) is 5.69 Å². The summed E-state index contributed by atoms with van der Waals surface area (Å²) >= 11 is 0. The molecule has 7 heteroatoms. The van der Waals surface area contributed by atoms with E-state index in [0.29, 0.717) is 24.3 Å². The Balaban J connectivity index is 1.85. The van der Waals surface area contributed by atoms with Crippen LogP contribution in [0.25, 0.3) is 0 Å². The first-order valence-electron chi connectivity index (χ1n) is 8.43. The Labute approximate surface area is 153 Å². The van der Waals surface area contributed by atoms with Crippen molar-refractivity contribution in [2.24, 2.45) is 0 Å². The number of carbonyl (C=O) groups excluding carboxylic acids is 1. The molecule has 1 N–H and O–H groups in total. The first-order valence-corrected chi connectivity index (χ1v) is 9.87. The van der Waals surface area contributed by atoms with Crippen LogP contribution < -0.4 is 5.32 Å². The number of para-hydroxylation sites is 1. The maximum atomic E-state index is 12.8.